The molecule has 0 atom stereocenters. The van der Waals surface area contributed by atoms with E-state index in [2.05, 4.69) is 27.1 Å². The van der Waals surface area contributed by atoms with Gasteiger partial charge in [-0.2, -0.15) is 4.31 Å². The molecule has 8 heteroatoms. The number of nitrogens with zero attached hydrogens (tertiary/aromatic N) is 4. The third kappa shape index (κ3) is 3.25. The first-order valence-corrected chi connectivity index (χ1v) is 8.30. The number of hydrogen-bond donors (Lipinski definition) is 1. The second kappa shape index (κ2) is 6.47. The maximum Gasteiger partial charge on any atom is 0.246 e. The van der Waals surface area contributed by atoms with Gasteiger partial charge in [-0.05, 0) is 13.5 Å². The molecule has 0 spiro atoms. The van der Waals surface area contributed by atoms with Gasteiger partial charge < -0.3 is 10.2 Å². The fourth-order valence-corrected chi connectivity index (χ4v) is 3.45. The van der Waals surface area contributed by atoms with Crippen LogP contribution < -0.4 is 5.32 Å². The molecule has 1 saturated heterocycles. The number of rotatable bonds is 5. The SMILES string of the molecule is CCNc1ncc(S(=O)(=O)N2CCN(CC)CC2)cn1. The first-order valence-electron chi connectivity index (χ1n) is 6.86. The molecule has 7 nitrogen and oxygen atoms in total. The zero-order chi connectivity index (χ0) is 14.6. The average molecular weight is 299 g/mol. The van der Waals surface area contributed by atoms with E-state index in [1.807, 2.05) is 6.92 Å². The van der Waals surface area contributed by atoms with Gasteiger partial charge in [-0.15, -0.1) is 0 Å². The molecule has 2 heterocycles. The molecule has 20 heavy (non-hydrogen) atoms. The normalized spacial score (nSPS) is 18.1. The van der Waals surface area contributed by atoms with Crippen LogP contribution in [-0.2, 0) is 10.0 Å². The number of nitrogens with one attached hydrogen (secondary N) is 1. The largest absolute Gasteiger partial charge is 0.355 e. The third-order valence-corrected chi connectivity index (χ3v) is 5.23. The van der Waals surface area contributed by atoms with Crippen LogP contribution in [0.3, 0.4) is 0 Å². The zero-order valence-electron chi connectivity index (χ0n) is 11.9. The first kappa shape index (κ1) is 15.1. The molecule has 0 amide bonds. The van der Waals surface area contributed by atoms with Crippen molar-refractivity contribution in [1.82, 2.24) is 19.2 Å². The molecule has 2 rings (SSSR count). The van der Waals surface area contributed by atoms with Gasteiger partial charge in [-0.3, -0.25) is 0 Å². The van der Waals surface area contributed by atoms with Gasteiger partial charge in [0, 0.05) is 32.7 Å². The Kier molecular flexibility index (Phi) is 4.90. The van der Waals surface area contributed by atoms with E-state index < -0.39 is 10.0 Å². The van der Waals surface area contributed by atoms with Crippen LogP contribution in [0.15, 0.2) is 17.3 Å². The summed E-state index contributed by atoms with van der Waals surface area (Å²) in [6.07, 6.45) is 2.74. The first-order chi connectivity index (χ1) is 9.57. The van der Waals surface area contributed by atoms with Gasteiger partial charge in [0.25, 0.3) is 0 Å². The Morgan fingerprint density at radius 1 is 1.15 bits per heavy atom. The molecule has 0 aliphatic carbocycles. The van der Waals surface area contributed by atoms with Crippen molar-refractivity contribution in [3.8, 4) is 0 Å². The fraction of sp³-hybridized carbons (Fsp3) is 0.667. The van der Waals surface area contributed by atoms with Crippen LogP contribution in [0, 0.1) is 0 Å². The monoisotopic (exact) mass is 299 g/mol. The molecule has 0 bridgehead atoms. The smallest absolute Gasteiger partial charge is 0.246 e. The molecule has 0 radical (unpaired) electrons. The lowest BCUT2D eigenvalue weighted by atomic mass is 10.4. The lowest BCUT2D eigenvalue weighted by molar-refractivity contribution is 0.196. The van der Waals surface area contributed by atoms with E-state index in [1.165, 1.54) is 16.7 Å². The summed E-state index contributed by atoms with van der Waals surface area (Å²) in [5.41, 5.74) is 0. The molecule has 0 aromatic carbocycles. The van der Waals surface area contributed by atoms with E-state index in [-0.39, 0.29) is 4.90 Å². The predicted molar refractivity (Wildman–Crippen MR) is 77.1 cm³/mol. The van der Waals surface area contributed by atoms with Gasteiger partial charge >= 0.3 is 0 Å². The number of piperazine rings is 1. The van der Waals surface area contributed by atoms with E-state index in [9.17, 15) is 8.42 Å². The molecule has 1 aliphatic heterocycles. The van der Waals surface area contributed by atoms with Crippen LogP contribution >= 0.6 is 0 Å². The fourth-order valence-electron chi connectivity index (χ4n) is 2.13. The summed E-state index contributed by atoms with van der Waals surface area (Å²) in [5, 5.41) is 2.94. The van der Waals surface area contributed by atoms with Crippen LogP contribution in [0.5, 0.6) is 0 Å². The van der Waals surface area contributed by atoms with Crippen LogP contribution in [-0.4, -0.2) is 66.9 Å². The van der Waals surface area contributed by atoms with Gasteiger partial charge in [-0.1, -0.05) is 6.92 Å². The van der Waals surface area contributed by atoms with Gasteiger partial charge in [0.2, 0.25) is 16.0 Å². The molecular formula is C12H21N5O2S. The summed E-state index contributed by atoms with van der Waals surface area (Å²) in [4.78, 5) is 10.4. The van der Waals surface area contributed by atoms with Gasteiger partial charge in [-0.25, -0.2) is 18.4 Å². The Morgan fingerprint density at radius 3 is 2.25 bits per heavy atom. The van der Waals surface area contributed by atoms with Crippen molar-refractivity contribution in [2.75, 3.05) is 44.6 Å². The molecule has 1 aromatic rings. The minimum absolute atomic E-state index is 0.157. The number of aromatic nitrogens is 2. The molecular weight excluding hydrogens is 278 g/mol. The lowest BCUT2D eigenvalue weighted by Gasteiger charge is -2.33. The number of hydrogen-bond acceptors (Lipinski definition) is 6. The Morgan fingerprint density at radius 2 is 1.75 bits per heavy atom. The van der Waals surface area contributed by atoms with Crippen molar-refractivity contribution < 1.29 is 8.42 Å². The highest BCUT2D eigenvalue weighted by Gasteiger charge is 2.28. The molecule has 1 fully saturated rings. The molecule has 0 unspecified atom stereocenters. The Hall–Kier alpha value is -1.25. The summed E-state index contributed by atoms with van der Waals surface area (Å²) in [6, 6.07) is 0. The Labute approximate surface area is 120 Å². The molecule has 112 valence electrons. The van der Waals surface area contributed by atoms with Crippen molar-refractivity contribution in [3.63, 3.8) is 0 Å². The minimum Gasteiger partial charge on any atom is -0.355 e. The van der Waals surface area contributed by atoms with E-state index in [1.54, 1.807) is 0 Å². The van der Waals surface area contributed by atoms with Crippen LogP contribution in [0.4, 0.5) is 5.95 Å². The van der Waals surface area contributed by atoms with Crippen LogP contribution in [0.25, 0.3) is 0 Å². The highest BCUT2D eigenvalue weighted by molar-refractivity contribution is 7.89. The Bertz CT molecular complexity index is 523. The number of likely N-dealkylation sites (N-methyl/N-ethyl adjacent to an activating group) is 1. The summed E-state index contributed by atoms with van der Waals surface area (Å²) in [6.45, 7) is 8.24. The van der Waals surface area contributed by atoms with Gasteiger partial charge in [0.15, 0.2) is 0 Å². The van der Waals surface area contributed by atoms with Gasteiger partial charge in [0.1, 0.15) is 4.90 Å². The Balaban J connectivity index is 2.10. The van der Waals surface area contributed by atoms with Crippen molar-refractivity contribution in [1.29, 1.82) is 0 Å². The standard InChI is InChI=1S/C12H21N5O2S/c1-3-13-12-14-9-11(10-15-12)20(18,19)17-7-5-16(4-2)6-8-17/h9-10H,3-8H2,1-2H3,(H,13,14,15). The maximum absolute atomic E-state index is 12.5. The van der Waals surface area contributed by atoms with E-state index in [0.717, 1.165) is 19.6 Å². The highest BCUT2D eigenvalue weighted by Crippen LogP contribution is 2.16. The van der Waals surface area contributed by atoms with Crippen molar-refractivity contribution in [2.45, 2.75) is 18.7 Å². The van der Waals surface area contributed by atoms with Crippen molar-refractivity contribution in [2.24, 2.45) is 0 Å². The van der Waals surface area contributed by atoms with E-state index in [4.69, 9.17) is 0 Å². The quantitative estimate of drug-likeness (QED) is 0.839. The van der Waals surface area contributed by atoms with E-state index in [0.29, 0.717) is 25.6 Å². The number of sulfonamides is 1. The topological polar surface area (TPSA) is 78.4 Å². The minimum atomic E-state index is -3.47. The second-order valence-corrected chi connectivity index (χ2v) is 6.55. The van der Waals surface area contributed by atoms with Crippen LogP contribution in [0.1, 0.15) is 13.8 Å². The molecule has 1 aromatic heterocycles. The summed E-state index contributed by atoms with van der Waals surface area (Å²) >= 11 is 0. The average Bonchev–Trinajstić information content (AvgIpc) is 2.48. The van der Waals surface area contributed by atoms with Crippen molar-refractivity contribution in [3.05, 3.63) is 12.4 Å². The molecule has 1 N–H and O–H groups in total. The zero-order valence-corrected chi connectivity index (χ0v) is 12.7. The number of anilines is 1. The molecule has 0 saturated carbocycles. The summed E-state index contributed by atoms with van der Waals surface area (Å²) in [5.74, 6) is 0.447. The third-order valence-electron chi connectivity index (χ3n) is 3.38. The second-order valence-electron chi connectivity index (χ2n) is 4.61. The predicted octanol–water partition coefficient (Wildman–Crippen LogP) is 0.235. The highest BCUT2D eigenvalue weighted by atomic mass is 32.2. The summed E-state index contributed by atoms with van der Waals surface area (Å²) < 4.78 is 26.4. The summed E-state index contributed by atoms with van der Waals surface area (Å²) in [7, 11) is -3.47. The lowest BCUT2D eigenvalue weighted by Crippen LogP contribution is -2.48. The van der Waals surface area contributed by atoms with Crippen LogP contribution in [0.2, 0.25) is 0 Å². The van der Waals surface area contributed by atoms with Gasteiger partial charge in [0.05, 0.1) is 12.4 Å². The van der Waals surface area contributed by atoms with E-state index >= 15 is 0 Å². The molecule has 1 aliphatic rings. The van der Waals surface area contributed by atoms with Crippen molar-refractivity contribution >= 4 is 16.0 Å². The maximum atomic E-state index is 12.5.